The van der Waals surface area contributed by atoms with Crippen molar-refractivity contribution in [2.75, 3.05) is 7.05 Å². The summed E-state index contributed by atoms with van der Waals surface area (Å²) in [7, 11) is 1.61. The van der Waals surface area contributed by atoms with Crippen LogP contribution in [0.1, 0.15) is 15.9 Å². The van der Waals surface area contributed by atoms with Gasteiger partial charge in [-0.05, 0) is 12.6 Å². The van der Waals surface area contributed by atoms with Gasteiger partial charge in [-0.15, -0.1) is 0 Å². The molecule has 1 N–H and O–H groups in total. The molecule has 0 bridgehead atoms. The SMILES string of the molecule is CNCc1ccccc1C(=O)C(F)(F)F.[Br-]. The molecule has 0 heterocycles. The van der Waals surface area contributed by atoms with Crippen molar-refractivity contribution in [3.05, 3.63) is 35.4 Å². The van der Waals surface area contributed by atoms with E-state index in [1.54, 1.807) is 13.1 Å². The molecular formula is C10H10BrF3NO-. The van der Waals surface area contributed by atoms with Crippen LogP contribution in [0.15, 0.2) is 24.3 Å². The molecule has 0 amide bonds. The lowest BCUT2D eigenvalue weighted by atomic mass is 10.0. The minimum Gasteiger partial charge on any atom is -1.00 e. The van der Waals surface area contributed by atoms with Gasteiger partial charge in [-0.25, -0.2) is 0 Å². The highest BCUT2D eigenvalue weighted by molar-refractivity contribution is 6.01. The fraction of sp³-hybridized carbons (Fsp3) is 0.300. The van der Waals surface area contributed by atoms with Gasteiger partial charge in [-0.3, -0.25) is 4.79 Å². The Bertz CT molecular complexity index is 365. The van der Waals surface area contributed by atoms with Crippen LogP contribution in [0.25, 0.3) is 0 Å². The Morgan fingerprint density at radius 2 is 1.88 bits per heavy atom. The molecule has 0 spiro atoms. The number of carbonyl (C=O) groups is 1. The van der Waals surface area contributed by atoms with Crippen LogP contribution < -0.4 is 22.3 Å². The van der Waals surface area contributed by atoms with Crippen LogP contribution in [0.2, 0.25) is 0 Å². The molecule has 1 aromatic carbocycles. The molecule has 0 saturated carbocycles. The van der Waals surface area contributed by atoms with Crippen LogP contribution in [0.3, 0.4) is 0 Å². The molecule has 0 aliphatic rings. The molecule has 0 aliphatic carbocycles. The van der Waals surface area contributed by atoms with Crippen molar-refractivity contribution >= 4 is 5.78 Å². The minimum absolute atomic E-state index is 0. The van der Waals surface area contributed by atoms with Gasteiger partial charge >= 0.3 is 6.18 Å². The maximum atomic E-state index is 12.2. The molecule has 0 saturated heterocycles. The normalized spacial score (nSPS) is 10.8. The van der Waals surface area contributed by atoms with E-state index in [-0.39, 0.29) is 29.1 Å². The highest BCUT2D eigenvalue weighted by Gasteiger charge is 2.40. The Balaban J connectivity index is 0.00000225. The lowest BCUT2D eigenvalue weighted by Gasteiger charge is -2.09. The van der Waals surface area contributed by atoms with Gasteiger partial charge in [0, 0.05) is 12.1 Å². The molecule has 6 heteroatoms. The highest BCUT2D eigenvalue weighted by Crippen LogP contribution is 2.23. The summed E-state index contributed by atoms with van der Waals surface area (Å²) in [5, 5.41) is 2.71. The molecule has 16 heavy (non-hydrogen) atoms. The fourth-order valence-electron chi connectivity index (χ4n) is 1.24. The number of Topliss-reactive ketones (excluding diaryl/α,β-unsaturated/α-hetero) is 1. The lowest BCUT2D eigenvalue weighted by molar-refractivity contribution is -0.0885. The van der Waals surface area contributed by atoms with Crippen molar-refractivity contribution in [2.24, 2.45) is 0 Å². The highest BCUT2D eigenvalue weighted by atomic mass is 79.9. The number of benzene rings is 1. The smallest absolute Gasteiger partial charge is 0.454 e. The Labute approximate surface area is 102 Å². The van der Waals surface area contributed by atoms with Gasteiger partial charge in [0.15, 0.2) is 0 Å². The standard InChI is InChI=1S/C10H10F3NO.BrH/c1-14-6-7-4-2-3-5-8(7)9(15)10(11,12)13;/h2-5,14H,6H2,1H3;1H/p-1. The molecule has 1 rings (SSSR count). The fourth-order valence-corrected chi connectivity index (χ4v) is 1.24. The van der Waals surface area contributed by atoms with E-state index in [9.17, 15) is 18.0 Å². The van der Waals surface area contributed by atoms with Crippen molar-refractivity contribution < 1.29 is 34.9 Å². The number of nitrogens with one attached hydrogen (secondary N) is 1. The second kappa shape index (κ2) is 6.00. The Hall–Kier alpha value is -0.880. The Morgan fingerprint density at radius 3 is 2.38 bits per heavy atom. The number of carbonyl (C=O) groups excluding carboxylic acids is 1. The summed E-state index contributed by atoms with van der Waals surface area (Å²) in [6.07, 6.45) is -4.82. The van der Waals surface area contributed by atoms with Crippen LogP contribution in [0.4, 0.5) is 13.2 Å². The minimum atomic E-state index is -4.82. The monoisotopic (exact) mass is 296 g/mol. The quantitative estimate of drug-likeness (QED) is 0.737. The van der Waals surface area contributed by atoms with Gasteiger partial charge < -0.3 is 22.3 Å². The summed E-state index contributed by atoms with van der Waals surface area (Å²) in [6.45, 7) is 0.234. The van der Waals surface area contributed by atoms with Crippen LogP contribution in [-0.4, -0.2) is 19.0 Å². The van der Waals surface area contributed by atoms with E-state index in [2.05, 4.69) is 5.32 Å². The first-order valence-electron chi connectivity index (χ1n) is 4.31. The summed E-state index contributed by atoms with van der Waals surface area (Å²) < 4.78 is 36.6. The summed E-state index contributed by atoms with van der Waals surface area (Å²) >= 11 is 0. The van der Waals surface area contributed by atoms with Crippen molar-refractivity contribution in [3.8, 4) is 0 Å². The van der Waals surface area contributed by atoms with E-state index in [0.717, 1.165) is 0 Å². The largest absolute Gasteiger partial charge is 1.00 e. The van der Waals surface area contributed by atoms with Crippen molar-refractivity contribution in [2.45, 2.75) is 12.7 Å². The van der Waals surface area contributed by atoms with Gasteiger partial charge in [0.25, 0.3) is 5.78 Å². The summed E-state index contributed by atoms with van der Waals surface area (Å²) in [5.74, 6) is -1.80. The second-order valence-electron chi connectivity index (χ2n) is 3.01. The summed E-state index contributed by atoms with van der Waals surface area (Å²) in [6, 6.07) is 5.69. The van der Waals surface area contributed by atoms with Crippen LogP contribution in [0.5, 0.6) is 0 Å². The van der Waals surface area contributed by atoms with E-state index in [4.69, 9.17) is 0 Å². The third kappa shape index (κ3) is 3.61. The first kappa shape index (κ1) is 15.1. The molecule has 1 aromatic rings. The molecular weight excluding hydrogens is 287 g/mol. The van der Waals surface area contributed by atoms with Crippen LogP contribution in [0, 0.1) is 0 Å². The first-order chi connectivity index (χ1) is 6.96. The van der Waals surface area contributed by atoms with Gasteiger partial charge in [0.05, 0.1) is 0 Å². The van der Waals surface area contributed by atoms with E-state index in [1.165, 1.54) is 18.2 Å². The van der Waals surface area contributed by atoms with Gasteiger partial charge in [-0.2, -0.15) is 13.2 Å². The maximum absolute atomic E-state index is 12.2. The van der Waals surface area contributed by atoms with E-state index >= 15 is 0 Å². The molecule has 0 atom stereocenters. The predicted molar refractivity (Wildman–Crippen MR) is 49.6 cm³/mol. The molecule has 90 valence electrons. The predicted octanol–water partition coefficient (Wildman–Crippen LogP) is -0.845. The zero-order valence-corrected chi connectivity index (χ0v) is 10.0. The number of alkyl halides is 3. The topological polar surface area (TPSA) is 29.1 Å². The van der Waals surface area contributed by atoms with Gasteiger partial charge in [-0.1, -0.05) is 24.3 Å². The third-order valence-corrected chi connectivity index (χ3v) is 1.89. The second-order valence-corrected chi connectivity index (χ2v) is 3.01. The molecule has 2 nitrogen and oxygen atoms in total. The Morgan fingerprint density at radius 1 is 1.31 bits per heavy atom. The number of hydrogen-bond donors (Lipinski definition) is 1. The average molecular weight is 297 g/mol. The van der Waals surface area contributed by atoms with Gasteiger partial charge in [0.2, 0.25) is 0 Å². The number of rotatable bonds is 3. The molecule has 0 fully saturated rings. The summed E-state index contributed by atoms with van der Waals surface area (Å²) in [5.41, 5.74) is 0.0571. The Kier molecular flexibility index (Phi) is 5.67. The average Bonchev–Trinajstić information content (AvgIpc) is 2.17. The van der Waals surface area contributed by atoms with Crippen molar-refractivity contribution in [3.63, 3.8) is 0 Å². The summed E-state index contributed by atoms with van der Waals surface area (Å²) in [4.78, 5) is 11.0. The number of ketones is 1. The maximum Gasteiger partial charge on any atom is 0.454 e. The zero-order chi connectivity index (χ0) is 11.5. The van der Waals surface area contributed by atoms with Crippen LogP contribution in [-0.2, 0) is 6.54 Å². The molecule has 0 unspecified atom stereocenters. The van der Waals surface area contributed by atoms with Gasteiger partial charge in [0.1, 0.15) is 0 Å². The molecule has 0 aromatic heterocycles. The van der Waals surface area contributed by atoms with Crippen molar-refractivity contribution in [1.82, 2.24) is 5.32 Å². The van der Waals surface area contributed by atoms with E-state index < -0.39 is 12.0 Å². The molecule has 0 aliphatic heterocycles. The van der Waals surface area contributed by atoms with Crippen LogP contribution >= 0.6 is 0 Å². The molecule has 0 radical (unpaired) electrons. The first-order valence-corrected chi connectivity index (χ1v) is 4.31. The van der Waals surface area contributed by atoms with E-state index in [0.29, 0.717) is 5.56 Å². The zero-order valence-electron chi connectivity index (χ0n) is 8.44. The number of hydrogen-bond acceptors (Lipinski definition) is 2. The van der Waals surface area contributed by atoms with Crippen molar-refractivity contribution in [1.29, 1.82) is 0 Å². The lowest BCUT2D eigenvalue weighted by Crippen LogP contribution is -3.00. The number of halogens is 4. The van der Waals surface area contributed by atoms with E-state index in [1.807, 2.05) is 0 Å². The third-order valence-electron chi connectivity index (χ3n) is 1.89.